The summed E-state index contributed by atoms with van der Waals surface area (Å²) in [7, 11) is 1.52. The normalized spacial score (nSPS) is 27.7. The lowest BCUT2D eigenvalue weighted by atomic mass is 9.79. The van der Waals surface area contributed by atoms with Crippen LogP contribution in [0, 0.1) is 17.3 Å². The number of amides is 1. The van der Waals surface area contributed by atoms with Gasteiger partial charge in [-0.05, 0) is 25.2 Å². The summed E-state index contributed by atoms with van der Waals surface area (Å²) in [6, 6.07) is 0. The number of nitrogens with zero attached hydrogens (tertiary/aromatic N) is 1. The number of carbonyl (C=O) groups is 2. The minimum absolute atomic E-state index is 0.00904. The molecule has 23 heavy (non-hydrogen) atoms. The van der Waals surface area contributed by atoms with Gasteiger partial charge in [-0.1, -0.05) is 39.0 Å². The average molecular weight is 325 g/mol. The number of rotatable bonds is 6. The molecule has 5 nitrogen and oxygen atoms in total. The van der Waals surface area contributed by atoms with E-state index in [0.717, 1.165) is 12.8 Å². The predicted octanol–water partition coefficient (Wildman–Crippen LogP) is 2.93. The van der Waals surface area contributed by atoms with E-state index in [1.54, 1.807) is 4.90 Å². The van der Waals surface area contributed by atoms with Gasteiger partial charge in [0.05, 0.1) is 6.61 Å². The van der Waals surface area contributed by atoms with Crippen LogP contribution in [0.5, 0.6) is 0 Å². The van der Waals surface area contributed by atoms with E-state index in [-0.39, 0.29) is 25.0 Å². The molecular weight excluding hydrogens is 294 g/mol. The minimum Gasteiger partial charge on any atom is -0.481 e. The van der Waals surface area contributed by atoms with Crippen molar-refractivity contribution in [3.8, 4) is 0 Å². The van der Waals surface area contributed by atoms with E-state index >= 15 is 0 Å². The van der Waals surface area contributed by atoms with Crippen LogP contribution >= 0.6 is 0 Å². The van der Waals surface area contributed by atoms with Crippen LogP contribution < -0.4 is 0 Å². The van der Waals surface area contributed by atoms with Gasteiger partial charge in [0.15, 0.2) is 0 Å². The van der Waals surface area contributed by atoms with E-state index in [0.29, 0.717) is 18.9 Å². The monoisotopic (exact) mass is 325 g/mol. The molecule has 5 heteroatoms. The molecule has 2 fully saturated rings. The van der Waals surface area contributed by atoms with Crippen LogP contribution in [0.25, 0.3) is 0 Å². The van der Waals surface area contributed by atoms with E-state index in [1.165, 1.54) is 39.2 Å². The van der Waals surface area contributed by atoms with Crippen LogP contribution in [0.1, 0.15) is 58.3 Å². The lowest BCUT2D eigenvalue weighted by molar-refractivity contribution is -0.160. The number of methoxy groups -OCH3 is 1. The Morgan fingerprint density at radius 1 is 1.26 bits per heavy atom. The third-order valence-corrected chi connectivity index (χ3v) is 5.60. The molecule has 1 aliphatic carbocycles. The first-order chi connectivity index (χ1) is 11.0. The molecule has 0 aromatic carbocycles. The topological polar surface area (TPSA) is 66.8 Å². The molecule has 1 N–H and O–H groups in total. The fourth-order valence-corrected chi connectivity index (χ4v) is 4.29. The molecule has 0 aromatic rings. The summed E-state index contributed by atoms with van der Waals surface area (Å²) >= 11 is 0. The van der Waals surface area contributed by atoms with Gasteiger partial charge in [-0.25, -0.2) is 0 Å². The standard InChI is InChI=1S/C18H31NO4/c1-14(11-15-7-4-3-5-8-15)16(20)19-10-6-9-18(12-19,13-23-2)17(21)22/h14-15H,3-13H2,1-2H3,(H,21,22). The Kier molecular flexibility index (Phi) is 6.45. The number of piperidine rings is 1. The summed E-state index contributed by atoms with van der Waals surface area (Å²) in [4.78, 5) is 26.2. The van der Waals surface area contributed by atoms with E-state index in [4.69, 9.17) is 4.74 Å². The number of carboxylic acid groups (broad SMARTS) is 1. The zero-order chi connectivity index (χ0) is 16.9. The average Bonchev–Trinajstić information content (AvgIpc) is 2.55. The van der Waals surface area contributed by atoms with Gasteiger partial charge in [0.2, 0.25) is 5.91 Å². The Balaban J connectivity index is 1.96. The summed E-state index contributed by atoms with van der Waals surface area (Å²) in [5, 5.41) is 9.60. The SMILES string of the molecule is COCC1(C(=O)O)CCCN(C(=O)C(C)CC2CCCCC2)C1. The van der Waals surface area contributed by atoms with Crippen LogP contribution in [0.2, 0.25) is 0 Å². The summed E-state index contributed by atoms with van der Waals surface area (Å²) in [5.74, 6) is -0.0743. The van der Waals surface area contributed by atoms with Crippen LogP contribution in [-0.2, 0) is 14.3 Å². The second-order valence-corrected chi connectivity index (χ2v) is 7.52. The highest BCUT2D eigenvalue weighted by molar-refractivity contribution is 5.81. The molecule has 0 aromatic heterocycles. The van der Waals surface area contributed by atoms with Gasteiger partial charge in [-0.3, -0.25) is 9.59 Å². The van der Waals surface area contributed by atoms with Crippen molar-refractivity contribution in [3.05, 3.63) is 0 Å². The molecule has 2 aliphatic rings. The van der Waals surface area contributed by atoms with Crippen molar-refractivity contribution in [1.29, 1.82) is 0 Å². The van der Waals surface area contributed by atoms with Gasteiger partial charge in [0.1, 0.15) is 5.41 Å². The fraction of sp³-hybridized carbons (Fsp3) is 0.889. The van der Waals surface area contributed by atoms with Crippen molar-refractivity contribution in [1.82, 2.24) is 4.90 Å². The zero-order valence-corrected chi connectivity index (χ0v) is 14.6. The van der Waals surface area contributed by atoms with Crippen LogP contribution in [0.3, 0.4) is 0 Å². The van der Waals surface area contributed by atoms with E-state index in [1.807, 2.05) is 6.92 Å². The molecule has 1 saturated heterocycles. The first-order valence-corrected chi connectivity index (χ1v) is 8.99. The second kappa shape index (κ2) is 8.13. The highest BCUT2D eigenvalue weighted by atomic mass is 16.5. The first-order valence-electron chi connectivity index (χ1n) is 8.99. The van der Waals surface area contributed by atoms with Crippen LogP contribution in [0.15, 0.2) is 0 Å². The van der Waals surface area contributed by atoms with Crippen LogP contribution in [-0.4, -0.2) is 48.7 Å². The first kappa shape index (κ1) is 18.2. The van der Waals surface area contributed by atoms with Gasteiger partial charge >= 0.3 is 5.97 Å². The fourth-order valence-electron chi connectivity index (χ4n) is 4.29. The van der Waals surface area contributed by atoms with Gasteiger partial charge in [0.25, 0.3) is 0 Å². The smallest absolute Gasteiger partial charge is 0.313 e. The number of ether oxygens (including phenoxy) is 1. The van der Waals surface area contributed by atoms with Crippen molar-refractivity contribution in [3.63, 3.8) is 0 Å². The zero-order valence-electron chi connectivity index (χ0n) is 14.6. The molecule has 1 heterocycles. The number of carbonyl (C=O) groups excluding carboxylic acids is 1. The Morgan fingerprint density at radius 3 is 2.57 bits per heavy atom. The molecular formula is C18H31NO4. The number of carboxylic acids is 1. The van der Waals surface area contributed by atoms with Crippen LogP contribution in [0.4, 0.5) is 0 Å². The summed E-state index contributed by atoms with van der Waals surface area (Å²) < 4.78 is 5.14. The second-order valence-electron chi connectivity index (χ2n) is 7.52. The summed E-state index contributed by atoms with van der Waals surface area (Å²) in [6.07, 6.45) is 8.62. The highest BCUT2D eigenvalue weighted by Gasteiger charge is 2.44. The van der Waals surface area contributed by atoms with E-state index < -0.39 is 11.4 Å². The minimum atomic E-state index is -0.937. The molecule has 2 rings (SSSR count). The van der Waals surface area contributed by atoms with E-state index in [2.05, 4.69) is 0 Å². The van der Waals surface area contributed by atoms with Crippen molar-refractivity contribution < 1.29 is 19.4 Å². The van der Waals surface area contributed by atoms with Crippen molar-refractivity contribution in [2.45, 2.75) is 58.3 Å². The van der Waals surface area contributed by atoms with E-state index in [9.17, 15) is 14.7 Å². The lowest BCUT2D eigenvalue weighted by Gasteiger charge is -2.40. The van der Waals surface area contributed by atoms with Gasteiger partial charge in [-0.15, -0.1) is 0 Å². The predicted molar refractivity (Wildman–Crippen MR) is 88.1 cm³/mol. The Labute approximate surface area is 139 Å². The van der Waals surface area contributed by atoms with Gasteiger partial charge in [-0.2, -0.15) is 0 Å². The Morgan fingerprint density at radius 2 is 1.96 bits per heavy atom. The third-order valence-electron chi connectivity index (χ3n) is 5.60. The molecule has 1 aliphatic heterocycles. The maximum absolute atomic E-state index is 12.8. The van der Waals surface area contributed by atoms with Crippen molar-refractivity contribution in [2.24, 2.45) is 17.3 Å². The third kappa shape index (κ3) is 4.46. The van der Waals surface area contributed by atoms with Crippen molar-refractivity contribution >= 4 is 11.9 Å². The number of aliphatic carboxylic acids is 1. The Bertz CT molecular complexity index is 415. The lowest BCUT2D eigenvalue weighted by Crippen LogP contribution is -2.53. The molecule has 2 atom stereocenters. The summed E-state index contributed by atoms with van der Waals surface area (Å²) in [5.41, 5.74) is -0.937. The maximum atomic E-state index is 12.8. The number of hydrogen-bond donors (Lipinski definition) is 1. The van der Waals surface area contributed by atoms with Gasteiger partial charge < -0.3 is 14.7 Å². The van der Waals surface area contributed by atoms with Crippen molar-refractivity contribution in [2.75, 3.05) is 26.8 Å². The molecule has 0 spiro atoms. The number of hydrogen-bond acceptors (Lipinski definition) is 3. The quantitative estimate of drug-likeness (QED) is 0.815. The molecule has 0 bridgehead atoms. The Hall–Kier alpha value is -1.10. The summed E-state index contributed by atoms with van der Waals surface area (Å²) in [6.45, 7) is 3.13. The molecule has 2 unspecified atom stereocenters. The highest BCUT2D eigenvalue weighted by Crippen LogP contribution is 2.33. The maximum Gasteiger partial charge on any atom is 0.313 e. The number of likely N-dealkylation sites (tertiary alicyclic amines) is 1. The largest absolute Gasteiger partial charge is 0.481 e. The molecule has 0 radical (unpaired) electrons. The molecule has 1 amide bonds. The molecule has 132 valence electrons. The van der Waals surface area contributed by atoms with Gasteiger partial charge in [0, 0.05) is 26.1 Å². The molecule has 1 saturated carbocycles.